The fourth-order valence-electron chi connectivity index (χ4n) is 2.78. The maximum atomic E-state index is 13.9. The molecule has 244 valence electrons. The zero-order valence-corrected chi connectivity index (χ0v) is 19.9. The largest absolute Gasteiger partial charge is 0.393 e. The molecular formula is C19H10ClF20NO. The second-order valence-corrected chi connectivity index (χ2v) is 8.63. The van der Waals surface area contributed by atoms with E-state index >= 15 is 0 Å². The van der Waals surface area contributed by atoms with Crippen LogP contribution in [0.1, 0.15) is 5.56 Å². The van der Waals surface area contributed by atoms with Crippen LogP contribution in [0.4, 0.5) is 87.8 Å². The number of alkyl halides is 21. The van der Waals surface area contributed by atoms with Crippen molar-refractivity contribution in [3.63, 3.8) is 0 Å². The average molecular weight is 684 g/mol. The van der Waals surface area contributed by atoms with Gasteiger partial charge in [-0.1, -0.05) is 30.3 Å². The van der Waals surface area contributed by atoms with E-state index in [1.807, 2.05) is 0 Å². The molecular weight excluding hydrogens is 674 g/mol. The fourth-order valence-corrected chi connectivity index (χ4v) is 2.90. The van der Waals surface area contributed by atoms with Crippen LogP contribution in [0.2, 0.25) is 0 Å². The first kappa shape index (κ1) is 37.6. The van der Waals surface area contributed by atoms with Gasteiger partial charge in [0.2, 0.25) is 0 Å². The molecule has 0 saturated heterocycles. The summed E-state index contributed by atoms with van der Waals surface area (Å²) in [5.41, 5.74) is 0.127. The van der Waals surface area contributed by atoms with E-state index in [2.05, 4.69) is 11.6 Å². The SMILES string of the molecule is O=C(NCCc1ccccc1)C(F)(F)C(F)(F)C(F)(F)C(F)(F)C(F)(F)C(F)(F)C(F)(F)C(F)(F)C(F)(F)C(F)(F)Cl. The molecule has 0 aliphatic heterocycles. The summed E-state index contributed by atoms with van der Waals surface area (Å²) in [6.45, 7) is -1.19. The van der Waals surface area contributed by atoms with Crippen LogP contribution in [0.25, 0.3) is 0 Å². The third kappa shape index (κ3) is 5.17. The van der Waals surface area contributed by atoms with Gasteiger partial charge in [0.15, 0.2) is 0 Å². The molecule has 0 radical (unpaired) electrons. The van der Waals surface area contributed by atoms with Gasteiger partial charge in [-0.15, -0.1) is 0 Å². The summed E-state index contributed by atoms with van der Waals surface area (Å²) in [6, 6.07) is 6.38. The molecule has 0 aromatic heterocycles. The molecule has 23 heteroatoms. The van der Waals surface area contributed by atoms with Crippen LogP contribution in [0.3, 0.4) is 0 Å². The van der Waals surface area contributed by atoms with Gasteiger partial charge in [0.25, 0.3) is 5.91 Å². The van der Waals surface area contributed by atoms with Crippen LogP contribution in [0.15, 0.2) is 30.3 Å². The second kappa shape index (κ2) is 10.6. The molecule has 0 atom stereocenters. The van der Waals surface area contributed by atoms with Gasteiger partial charge in [0.05, 0.1) is 0 Å². The van der Waals surface area contributed by atoms with Crippen LogP contribution in [0.5, 0.6) is 0 Å². The highest BCUT2D eigenvalue weighted by Crippen LogP contribution is 2.66. The topological polar surface area (TPSA) is 29.1 Å². The molecule has 0 fully saturated rings. The van der Waals surface area contributed by atoms with Crippen LogP contribution < -0.4 is 5.32 Å². The van der Waals surface area contributed by atoms with E-state index in [9.17, 15) is 92.6 Å². The van der Waals surface area contributed by atoms with E-state index in [1.165, 1.54) is 30.3 Å². The predicted octanol–water partition coefficient (Wildman–Crippen LogP) is 7.89. The third-order valence-electron chi connectivity index (χ3n) is 5.34. The minimum atomic E-state index is -9.17. The maximum Gasteiger partial charge on any atom is 0.393 e. The molecule has 1 aromatic rings. The number of halogens is 21. The number of nitrogens with one attached hydrogen (secondary N) is 1. The normalized spacial score (nSPS) is 15.5. The first-order valence-corrected chi connectivity index (χ1v) is 10.4. The lowest BCUT2D eigenvalue weighted by molar-refractivity contribution is -0.464. The molecule has 1 amide bonds. The number of carbonyl (C=O) groups is 1. The van der Waals surface area contributed by atoms with Gasteiger partial charge in [0.1, 0.15) is 0 Å². The highest BCUT2D eigenvalue weighted by molar-refractivity contribution is 6.22. The summed E-state index contributed by atoms with van der Waals surface area (Å²) in [5.74, 6) is -81.1. The van der Waals surface area contributed by atoms with E-state index in [4.69, 9.17) is 0 Å². The lowest BCUT2D eigenvalue weighted by atomic mass is 9.86. The zero-order valence-electron chi connectivity index (χ0n) is 19.1. The molecule has 42 heavy (non-hydrogen) atoms. The Morgan fingerprint density at radius 2 is 0.833 bits per heavy atom. The van der Waals surface area contributed by atoms with E-state index in [1.54, 1.807) is 0 Å². The van der Waals surface area contributed by atoms with Crippen LogP contribution in [0, 0.1) is 0 Å². The van der Waals surface area contributed by atoms with Gasteiger partial charge in [-0.05, 0) is 23.6 Å². The lowest BCUT2D eigenvalue weighted by Gasteiger charge is -2.44. The molecule has 0 spiro atoms. The summed E-state index contributed by atoms with van der Waals surface area (Å²) in [5, 5.41) is -6.29. The molecule has 0 saturated carbocycles. The predicted molar refractivity (Wildman–Crippen MR) is 98.5 cm³/mol. The highest BCUT2D eigenvalue weighted by atomic mass is 35.5. The summed E-state index contributed by atoms with van der Waals surface area (Å²) >= 11 is 3.34. The van der Waals surface area contributed by atoms with Gasteiger partial charge in [0, 0.05) is 6.54 Å². The van der Waals surface area contributed by atoms with Crippen molar-refractivity contribution in [1.82, 2.24) is 5.32 Å². The van der Waals surface area contributed by atoms with Crippen molar-refractivity contribution < 1.29 is 92.6 Å². The van der Waals surface area contributed by atoms with Crippen molar-refractivity contribution in [2.24, 2.45) is 0 Å². The van der Waals surface area contributed by atoms with Crippen LogP contribution >= 0.6 is 11.6 Å². The molecule has 0 unspecified atom stereocenters. The summed E-state index contributed by atoms with van der Waals surface area (Å²) in [7, 11) is 0. The standard InChI is InChI=1S/C19H10ClF20NO/c20-19(39,40)18(37,38)17(35,36)16(33,34)15(31,32)14(29,30)13(27,28)12(25,26)11(23,24)10(21,22)9(42)41-7-6-8-4-2-1-3-5-8/h1-5H,6-7H2,(H,41,42). The maximum absolute atomic E-state index is 13.9. The van der Waals surface area contributed by atoms with E-state index in [0.29, 0.717) is 0 Å². The van der Waals surface area contributed by atoms with E-state index < -0.39 is 77.6 Å². The molecule has 0 aliphatic rings. The Labute approximate surface area is 224 Å². The number of benzene rings is 1. The lowest BCUT2D eigenvalue weighted by Crippen LogP contribution is -2.77. The van der Waals surface area contributed by atoms with Crippen molar-refractivity contribution in [2.45, 2.75) is 65.1 Å². The molecule has 2 nitrogen and oxygen atoms in total. The molecule has 0 heterocycles. The first-order chi connectivity index (χ1) is 18.2. The minimum Gasteiger partial charge on any atom is -0.350 e. The quantitative estimate of drug-likeness (QED) is 0.166. The summed E-state index contributed by atoms with van der Waals surface area (Å²) < 4.78 is 270. The Balaban J connectivity index is 3.55. The number of amides is 1. The molecule has 0 bridgehead atoms. The third-order valence-corrected chi connectivity index (χ3v) is 5.58. The van der Waals surface area contributed by atoms with Gasteiger partial charge < -0.3 is 5.32 Å². The number of hydrogen-bond acceptors (Lipinski definition) is 1. The Morgan fingerprint density at radius 1 is 0.524 bits per heavy atom. The smallest absolute Gasteiger partial charge is 0.350 e. The summed E-state index contributed by atoms with van der Waals surface area (Å²) in [6.07, 6.45) is -0.569. The molecule has 1 N–H and O–H groups in total. The fraction of sp³-hybridized carbons (Fsp3) is 0.632. The Bertz CT molecular complexity index is 1110. The number of carbonyl (C=O) groups excluding carboxylic acids is 1. The van der Waals surface area contributed by atoms with Crippen LogP contribution in [-0.2, 0) is 11.2 Å². The minimum absolute atomic E-state index is 0.127. The molecule has 1 rings (SSSR count). The van der Waals surface area contributed by atoms with Gasteiger partial charge in [-0.2, -0.15) is 87.8 Å². The average Bonchev–Trinajstić information content (AvgIpc) is 2.82. The first-order valence-electron chi connectivity index (χ1n) is 10.0. The zero-order chi connectivity index (χ0) is 33.8. The molecule has 1 aromatic carbocycles. The van der Waals surface area contributed by atoms with Crippen molar-refractivity contribution in [1.29, 1.82) is 0 Å². The van der Waals surface area contributed by atoms with Crippen molar-refractivity contribution in [3.05, 3.63) is 35.9 Å². The van der Waals surface area contributed by atoms with E-state index in [0.717, 1.165) is 5.32 Å². The Morgan fingerprint density at radius 3 is 1.17 bits per heavy atom. The van der Waals surface area contributed by atoms with Crippen molar-refractivity contribution in [3.8, 4) is 0 Å². The monoisotopic (exact) mass is 683 g/mol. The second-order valence-electron chi connectivity index (χ2n) is 8.16. The van der Waals surface area contributed by atoms with Crippen molar-refractivity contribution >= 4 is 17.5 Å². The van der Waals surface area contributed by atoms with Gasteiger partial charge >= 0.3 is 58.7 Å². The van der Waals surface area contributed by atoms with E-state index in [-0.39, 0.29) is 5.56 Å². The van der Waals surface area contributed by atoms with Crippen LogP contribution in [-0.4, -0.2) is 71.1 Å². The summed E-state index contributed by atoms with van der Waals surface area (Å²) in [4.78, 5) is 11.4. The Kier molecular flexibility index (Phi) is 9.52. The Hall–Kier alpha value is -2.42. The number of hydrogen-bond donors (Lipinski definition) is 1. The van der Waals surface area contributed by atoms with Gasteiger partial charge in [-0.25, -0.2) is 0 Å². The number of rotatable bonds is 13. The highest BCUT2D eigenvalue weighted by Gasteiger charge is 2.98. The van der Waals surface area contributed by atoms with Gasteiger partial charge in [-0.3, -0.25) is 4.79 Å². The molecule has 0 aliphatic carbocycles. The van der Waals surface area contributed by atoms with Crippen molar-refractivity contribution in [2.75, 3.05) is 6.54 Å².